The van der Waals surface area contributed by atoms with Crippen LogP contribution in [0.25, 0.3) is 4.72 Å². The van der Waals surface area contributed by atoms with E-state index in [2.05, 4.69) is 25.3 Å². The number of rotatable bonds is 6. The van der Waals surface area contributed by atoms with Crippen LogP contribution in [0.15, 0.2) is 65.8 Å². The molecule has 3 rings (SSSR count). The van der Waals surface area contributed by atoms with Crippen molar-refractivity contribution < 1.29 is 17.9 Å². The number of carbonyl (C=O) groups excluding carboxylic acids is 1. The van der Waals surface area contributed by atoms with Crippen LogP contribution < -0.4 is 15.4 Å². The fraction of sp³-hybridized carbons (Fsp3) is 0.0556. The third-order valence-corrected chi connectivity index (χ3v) is 5.11. The predicted octanol–water partition coefficient (Wildman–Crippen LogP) is 4.18. The topological polar surface area (TPSA) is 124 Å². The second-order valence-corrected chi connectivity index (χ2v) is 7.64. The van der Waals surface area contributed by atoms with E-state index >= 15 is 0 Å². The van der Waals surface area contributed by atoms with Gasteiger partial charge in [0.1, 0.15) is 0 Å². The summed E-state index contributed by atoms with van der Waals surface area (Å²) in [5.74, 6) is 0.140. The van der Waals surface area contributed by atoms with Gasteiger partial charge in [0.25, 0.3) is 0 Å². The lowest BCUT2D eigenvalue weighted by atomic mass is 10.3. The molecule has 29 heavy (non-hydrogen) atoms. The van der Waals surface area contributed by atoms with Gasteiger partial charge in [0.2, 0.25) is 15.9 Å². The number of hydrogen-bond acceptors (Lipinski definition) is 6. The maximum Gasteiger partial charge on any atom is 0.323 e. The molecule has 0 atom stereocenters. The van der Waals surface area contributed by atoms with Gasteiger partial charge in [-0.2, -0.15) is 0 Å². The highest BCUT2D eigenvalue weighted by Crippen LogP contribution is 2.28. The van der Waals surface area contributed by atoms with Crippen molar-refractivity contribution in [1.82, 2.24) is 9.97 Å². The standard InChI is InChI=1S/C18H16ClN5O4S/c1-28-17-10-16(20-11-21-17)24-29(26,27)15-8-6-14(7-9-15)23-18(25)22-13-4-2-12(19)3-5-13/h2-11H,1H3,(H3,20,21,22,23,24,25)/p-1. The molecule has 150 valence electrons. The molecule has 2 N–H and O–H groups in total. The molecule has 0 saturated heterocycles. The van der Waals surface area contributed by atoms with Gasteiger partial charge in [0, 0.05) is 22.7 Å². The molecule has 0 aliphatic heterocycles. The van der Waals surface area contributed by atoms with Gasteiger partial charge in [-0.15, -0.1) is 0 Å². The number of methoxy groups -OCH3 is 1. The van der Waals surface area contributed by atoms with Crippen LogP contribution in [-0.2, 0) is 10.0 Å². The first kappa shape index (κ1) is 20.4. The Morgan fingerprint density at radius 3 is 2.17 bits per heavy atom. The van der Waals surface area contributed by atoms with Crippen LogP contribution in [0.3, 0.4) is 0 Å². The highest BCUT2D eigenvalue weighted by molar-refractivity contribution is 7.94. The molecule has 0 bridgehead atoms. The molecule has 2 aromatic carbocycles. The zero-order valence-electron chi connectivity index (χ0n) is 15.0. The monoisotopic (exact) mass is 432 g/mol. The molecule has 11 heteroatoms. The van der Waals surface area contributed by atoms with E-state index in [-0.39, 0.29) is 16.6 Å². The zero-order chi connectivity index (χ0) is 20.9. The van der Waals surface area contributed by atoms with E-state index in [4.69, 9.17) is 16.3 Å². The highest BCUT2D eigenvalue weighted by atomic mass is 35.5. The van der Waals surface area contributed by atoms with E-state index in [0.29, 0.717) is 16.4 Å². The Balaban J connectivity index is 1.65. The molecular weight excluding hydrogens is 418 g/mol. The summed E-state index contributed by atoms with van der Waals surface area (Å²) in [6.07, 6.45) is 1.15. The second-order valence-electron chi connectivity index (χ2n) is 5.60. The molecule has 1 heterocycles. The SMILES string of the molecule is COc1cc([N-]S(=O)(=O)c2ccc(NC(=O)Nc3ccc(Cl)cc3)cc2)ncn1. The number of carbonyl (C=O) groups is 1. The van der Waals surface area contributed by atoms with Gasteiger partial charge in [-0.3, -0.25) is 0 Å². The number of ether oxygens (including phenoxy) is 1. The second kappa shape index (κ2) is 8.76. The van der Waals surface area contributed by atoms with Crippen molar-refractivity contribution in [2.24, 2.45) is 0 Å². The lowest BCUT2D eigenvalue weighted by Crippen LogP contribution is -2.19. The van der Waals surface area contributed by atoms with Crippen molar-refractivity contribution in [3.05, 3.63) is 70.7 Å². The third kappa shape index (κ3) is 5.56. The van der Waals surface area contributed by atoms with Crippen molar-refractivity contribution in [1.29, 1.82) is 0 Å². The number of amides is 2. The minimum atomic E-state index is -4.00. The Kier molecular flexibility index (Phi) is 6.15. The summed E-state index contributed by atoms with van der Waals surface area (Å²) in [6, 6.07) is 13.0. The van der Waals surface area contributed by atoms with Crippen LogP contribution in [0, 0.1) is 0 Å². The molecule has 3 aromatic rings. The van der Waals surface area contributed by atoms with Gasteiger partial charge in [-0.05, 0) is 60.4 Å². The molecule has 0 aliphatic carbocycles. The molecule has 0 spiro atoms. The quantitative estimate of drug-likeness (QED) is 0.602. The lowest BCUT2D eigenvalue weighted by Gasteiger charge is -2.16. The minimum absolute atomic E-state index is 0.0543. The van der Waals surface area contributed by atoms with E-state index < -0.39 is 16.1 Å². The van der Waals surface area contributed by atoms with Crippen LogP contribution in [-0.4, -0.2) is 31.5 Å². The molecule has 1 aromatic heterocycles. The summed E-state index contributed by atoms with van der Waals surface area (Å²) in [5.41, 5.74) is 0.962. The zero-order valence-corrected chi connectivity index (χ0v) is 16.6. The summed E-state index contributed by atoms with van der Waals surface area (Å²) < 4.78 is 33.4. The first-order valence-electron chi connectivity index (χ1n) is 8.13. The number of urea groups is 1. The molecule has 0 aliphatic rings. The van der Waals surface area contributed by atoms with Crippen molar-refractivity contribution >= 4 is 44.8 Å². The summed E-state index contributed by atoms with van der Waals surface area (Å²) in [7, 11) is -2.60. The number of halogens is 1. The fourth-order valence-electron chi connectivity index (χ4n) is 2.20. The Bertz CT molecular complexity index is 1110. The summed E-state index contributed by atoms with van der Waals surface area (Å²) in [5, 5.41) is 5.79. The van der Waals surface area contributed by atoms with E-state index in [1.54, 1.807) is 24.3 Å². The maximum atomic E-state index is 12.4. The first-order chi connectivity index (χ1) is 13.9. The van der Waals surface area contributed by atoms with Gasteiger partial charge in [-0.25, -0.2) is 18.2 Å². The van der Waals surface area contributed by atoms with Crippen LogP contribution >= 0.6 is 11.6 Å². The number of aromatic nitrogens is 2. The van der Waals surface area contributed by atoms with E-state index in [1.165, 1.54) is 37.4 Å². The van der Waals surface area contributed by atoms with E-state index in [9.17, 15) is 13.2 Å². The van der Waals surface area contributed by atoms with Gasteiger partial charge in [0.15, 0.2) is 0 Å². The lowest BCUT2D eigenvalue weighted by molar-refractivity contribution is 0.262. The van der Waals surface area contributed by atoms with Gasteiger partial charge in [-0.1, -0.05) is 11.6 Å². The minimum Gasteiger partial charge on any atom is -0.481 e. The van der Waals surface area contributed by atoms with Crippen molar-refractivity contribution in [3.63, 3.8) is 0 Å². The van der Waals surface area contributed by atoms with Gasteiger partial charge in [0.05, 0.1) is 12.0 Å². The van der Waals surface area contributed by atoms with Gasteiger partial charge < -0.3 is 25.1 Å². The number of sulfonamides is 1. The van der Waals surface area contributed by atoms with E-state index in [1.807, 2.05) is 0 Å². The maximum absolute atomic E-state index is 12.4. The third-order valence-electron chi connectivity index (χ3n) is 3.56. The summed E-state index contributed by atoms with van der Waals surface area (Å²) in [6.45, 7) is 0. The average molecular weight is 433 g/mol. The predicted molar refractivity (Wildman–Crippen MR) is 109 cm³/mol. The normalized spacial score (nSPS) is 10.8. The van der Waals surface area contributed by atoms with Gasteiger partial charge >= 0.3 is 6.03 Å². The van der Waals surface area contributed by atoms with Crippen LogP contribution in [0.1, 0.15) is 0 Å². The molecule has 0 unspecified atom stereocenters. The summed E-state index contributed by atoms with van der Waals surface area (Å²) >= 11 is 5.80. The summed E-state index contributed by atoms with van der Waals surface area (Å²) in [4.78, 5) is 19.6. The van der Waals surface area contributed by atoms with Crippen molar-refractivity contribution in [3.8, 4) is 5.88 Å². The Hall–Kier alpha value is -3.37. The largest absolute Gasteiger partial charge is 0.481 e. The molecule has 0 saturated carbocycles. The number of nitrogens with one attached hydrogen (secondary N) is 2. The van der Waals surface area contributed by atoms with Crippen LogP contribution in [0.4, 0.5) is 22.0 Å². The van der Waals surface area contributed by atoms with Crippen molar-refractivity contribution in [2.75, 3.05) is 17.7 Å². The Morgan fingerprint density at radius 1 is 1.00 bits per heavy atom. The van der Waals surface area contributed by atoms with Crippen molar-refractivity contribution in [2.45, 2.75) is 4.90 Å². The molecule has 2 amide bonds. The smallest absolute Gasteiger partial charge is 0.323 e. The Morgan fingerprint density at radius 2 is 1.59 bits per heavy atom. The number of benzene rings is 2. The van der Waals surface area contributed by atoms with E-state index in [0.717, 1.165) is 6.33 Å². The van der Waals surface area contributed by atoms with Crippen LogP contribution in [0.2, 0.25) is 5.02 Å². The fourth-order valence-corrected chi connectivity index (χ4v) is 3.26. The molecule has 0 radical (unpaired) electrons. The Labute approximate surface area is 172 Å². The molecule has 0 fully saturated rings. The molecule has 9 nitrogen and oxygen atoms in total. The highest BCUT2D eigenvalue weighted by Gasteiger charge is 2.11. The number of hydrogen-bond donors (Lipinski definition) is 2. The molecular formula is C18H15ClN5O4S-. The first-order valence-corrected chi connectivity index (χ1v) is 9.95. The number of nitrogens with zero attached hydrogens (tertiary/aromatic N) is 3. The van der Waals surface area contributed by atoms with Crippen LogP contribution in [0.5, 0.6) is 5.88 Å². The average Bonchev–Trinajstić information content (AvgIpc) is 2.70. The number of anilines is 2.